The number of benzene rings is 1. The minimum atomic E-state index is -1.04. The number of aromatic nitrogens is 2. The molecule has 0 spiro atoms. The van der Waals surface area contributed by atoms with E-state index in [4.69, 9.17) is 15.5 Å². The highest BCUT2D eigenvalue weighted by Gasteiger charge is 2.31. The van der Waals surface area contributed by atoms with Crippen LogP contribution in [0.15, 0.2) is 30.3 Å². The first-order valence-electron chi connectivity index (χ1n) is 10.7. The van der Waals surface area contributed by atoms with E-state index in [-0.39, 0.29) is 12.5 Å². The van der Waals surface area contributed by atoms with Crippen molar-refractivity contribution in [2.45, 2.75) is 17.9 Å². The molecule has 2 aliphatic heterocycles. The van der Waals surface area contributed by atoms with Crippen LogP contribution in [0.1, 0.15) is 26.5 Å². The van der Waals surface area contributed by atoms with Crippen molar-refractivity contribution in [1.82, 2.24) is 14.9 Å². The Morgan fingerprint density at radius 1 is 1.21 bits per heavy atom. The van der Waals surface area contributed by atoms with E-state index >= 15 is 0 Å². The second kappa shape index (κ2) is 8.80. The van der Waals surface area contributed by atoms with Gasteiger partial charge in [-0.2, -0.15) is 0 Å². The molecule has 0 saturated carbocycles. The summed E-state index contributed by atoms with van der Waals surface area (Å²) in [7, 11) is 2.34. The lowest BCUT2D eigenvalue weighted by Crippen LogP contribution is -2.27. The van der Waals surface area contributed by atoms with Crippen LogP contribution in [0.2, 0.25) is 0 Å². The fraction of sp³-hybridized carbons (Fsp3) is 0.304. The number of hydrogen-bond donors (Lipinski definition) is 1. The van der Waals surface area contributed by atoms with E-state index in [1.54, 1.807) is 26.2 Å². The molecule has 2 aromatic heterocycles. The van der Waals surface area contributed by atoms with Gasteiger partial charge in [-0.15, -0.1) is 11.3 Å². The minimum Gasteiger partial charge on any atom is -0.484 e. The maximum absolute atomic E-state index is 12.4. The van der Waals surface area contributed by atoms with Gasteiger partial charge in [-0.1, -0.05) is 6.07 Å². The van der Waals surface area contributed by atoms with Crippen LogP contribution in [-0.2, 0) is 33.5 Å². The number of ether oxygens (including phenoxy) is 1. The van der Waals surface area contributed by atoms with Crippen molar-refractivity contribution < 1.29 is 18.5 Å². The van der Waals surface area contributed by atoms with Gasteiger partial charge >= 0.3 is 0 Å². The third kappa shape index (κ3) is 4.16. The summed E-state index contributed by atoms with van der Waals surface area (Å²) >= 11 is 1.24. The highest BCUT2D eigenvalue weighted by molar-refractivity contribution is 7.83. The number of anilines is 2. The summed E-state index contributed by atoms with van der Waals surface area (Å²) in [5.74, 6) is 1.98. The van der Waals surface area contributed by atoms with Gasteiger partial charge in [0.2, 0.25) is 0 Å². The summed E-state index contributed by atoms with van der Waals surface area (Å²) in [5, 5.41) is 0. The molecular formula is C23H23N5O4S2. The zero-order valence-electron chi connectivity index (χ0n) is 18.7. The maximum atomic E-state index is 12.4. The third-order valence-corrected chi connectivity index (χ3v) is 8.11. The molecule has 34 heavy (non-hydrogen) atoms. The van der Waals surface area contributed by atoms with E-state index in [2.05, 4.69) is 9.88 Å². The number of carbonyl (C=O) groups excluding carboxylic acids is 2. The van der Waals surface area contributed by atoms with Crippen LogP contribution in [0.3, 0.4) is 0 Å². The number of amides is 2. The topological polar surface area (TPSA) is 119 Å². The van der Waals surface area contributed by atoms with Crippen LogP contribution in [0.4, 0.5) is 11.5 Å². The number of carbonyl (C=O) groups is 2. The van der Waals surface area contributed by atoms with E-state index in [0.717, 1.165) is 39.6 Å². The van der Waals surface area contributed by atoms with Crippen molar-refractivity contribution >= 4 is 45.5 Å². The lowest BCUT2D eigenvalue weighted by atomic mass is 10.1. The monoisotopic (exact) mass is 497 g/mol. The van der Waals surface area contributed by atoms with Gasteiger partial charge in [0, 0.05) is 48.8 Å². The Labute approximate surface area is 203 Å². The quantitative estimate of drug-likeness (QED) is 0.555. The Morgan fingerprint density at radius 3 is 2.76 bits per heavy atom. The number of primary amides is 1. The van der Waals surface area contributed by atoms with Crippen LogP contribution in [0.5, 0.6) is 5.75 Å². The van der Waals surface area contributed by atoms with E-state index < -0.39 is 16.7 Å². The van der Waals surface area contributed by atoms with Crippen molar-refractivity contribution in [3.8, 4) is 16.5 Å². The lowest BCUT2D eigenvalue weighted by Gasteiger charge is -2.22. The molecule has 2 amide bonds. The second-order valence-corrected chi connectivity index (χ2v) is 10.9. The predicted octanol–water partition coefficient (Wildman–Crippen LogP) is 2.23. The predicted molar refractivity (Wildman–Crippen MR) is 131 cm³/mol. The molecule has 0 radical (unpaired) electrons. The Balaban J connectivity index is 1.53. The van der Waals surface area contributed by atoms with E-state index in [0.29, 0.717) is 34.5 Å². The Morgan fingerprint density at radius 2 is 2.03 bits per heavy atom. The zero-order valence-corrected chi connectivity index (χ0v) is 20.4. The molecule has 1 aromatic carbocycles. The SMILES string of the molecule is CN(C)C(=O)COc1ccc2c(c1)N(c1nc(-c3ccc(C(N)=O)s3)nc3c1CS(=O)C3)CC2. The van der Waals surface area contributed by atoms with Crippen molar-refractivity contribution in [2.75, 3.05) is 32.1 Å². The van der Waals surface area contributed by atoms with E-state index in [9.17, 15) is 13.8 Å². The van der Waals surface area contributed by atoms with Gasteiger partial charge in [0.1, 0.15) is 11.6 Å². The molecule has 5 rings (SSSR count). The van der Waals surface area contributed by atoms with Crippen LogP contribution < -0.4 is 15.4 Å². The molecule has 0 saturated heterocycles. The fourth-order valence-corrected chi connectivity index (χ4v) is 6.07. The van der Waals surface area contributed by atoms with Crippen LogP contribution in [0.25, 0.3) is 10.7 Å². The Hall–Kier alpha value is -3.31. The summed E-state index contributed by atoms with van der Waals surface area (Å²) in [6, 6.07) is 9.24. The normalized spacial score (nSPS) is 16.3. The van der Waals surface area contributed by atoms with Crippen molar-refractivity contribution in [3.05, 3.63) is 52.0 Å². The van der Waals surface area contributed by atoms with Gasteiger partial charge in [0.15, 0.2) is 12.4 Å². The standard InChI is InChI=1S/C23H23N5O4S2/c1-27(2)20(29)10-32-14-4-3-13-7-8-28(17(13)9-14)23-15-11-34(31)12-16(15)25-22(26-23)19-6-5-18(33-19)21(24)30/h3-6,9H,7-8,10-12H2,1-2H3,(H2,24,30). The smallest absolute Gasteiger partial charge is 0.259 e. The van der Waals surface area contributed by atoms with Gasteiger partial charge in [-0.05, 0) is 30.2 Å². The molecule has 4 heterocycles. The average Bonchev–Trinajstić information content (AvgIpc) is 3.53. The van der Waals surface area contributed by atoms with E-state index in [1.807, 2.05) is 18.2 Å². The molecular weight excluding hydrogens is 474 g/mol. The highest BCUT2D eigenvalue weighted by atomic mass is 32.2. The number of nitrogens with two attached hydrogens (primary N) is 1. The van der Waals surface area contributed by atoms with Crippen LogP contribution in [0, 0.1) is 0 Å². The molecule has 11 heteroatoms. The lowest BCUT2D eigenvalue weighted by molar-refractivity contribution is -0.130. The number of fused-ring (bicyclic) bond motifs is 2. The molecule has 176 valence electrons. The number of rotatable bonds is 6. The average molecular weight is 498 g/mol. The molecule has 2 aliphatic rings. The first-order valence-corrected chi connectivity index (χ1v) is 13.0. The largest absolute Gasteiger partial charge is 0.484 e. The molecule has 2 N–H and O–H groups in total. The van der Waals surface area contributed by atoms with Gasteiger partial charge in [0.05, 0.1) is 27.0 Å². The molecule has 3 aromatic rings. The summed E-state index contributed by atoms with van der Waals surface area (Å²) < 4.78 is 18.1. The van der Waals surface area contributed by atoms with Crippen molar-refractivity contribution in [3.63, 3.8) is 0 Å². The summed E-state index contributed by atoms with van der Waals surface area (Å²) in [6.45, 7) is 0.667. The third-order valence-electron chi connectivity index (χ3n) is 5.81. The van der Waals surface area contributed by atoms with Crippen LogP contribution in [-0.4, -0.2) is 58.1 Å². The molecule has 0 fully saturated rings. The molecule has 0 aliphatic carbocycles. The summed E-state index contributed by atoms with van der Waals surface area (Å²) in [5.41, 5.74) is 9.16. The zero-order chi connectivity index (χ0) is 24.0. The van der Waals surface area contributed by atoms with Crippen LogP contribution >= 0.6 is 11.3 Å². The Bertz CT molecular complexity index is 1340. The fourth-order valence-electron chi connectivity index (χ4n) is 4.02. The first kappa shape index (κ1) is 22.5. The second-order valence-electron chi connectivity index (χ2n) is 8.32. The van der Waals surface area contributed by atoms with Gasteiger partial charge in [-0.25, -0.2) is 9.97 Å². The van der Waals surface area contributed by atoms with Gasteiger partial charge in [-0.3, -0.25) is 13.8 Å². The number of likely N-dealkylation sites (N-methyl/N-ethyl adjacent to an activating group) is 1. The maximum Gasteiger partial charge on any atom is 0.259 e. The first-order chi connectivity index (χ1) is 16.3. The number of nitrogens with zero attached hydrogens (tertiary/aromatic N) is 4. The highest BCUT2D eigenvalue weighted by Crippen LogP contribution is 2.41. The summed E-state index contributed by atoms with van der Waals surface area (Å²) in [4.78, 5) is 37.8. The molecule has 1 atom stereocenters. The van der Waals surface area contributed by atoms with Crippen molar-refractivity contribution in [1.29, 1.82) is 0 Å². The van der Waals surface area contributed by atoms with Crippen molar-refractivity contribution in [2.24, 2.45) is 5.73 Å². The number of hydrogen-bond acceptors (Lipinski definition) is 8. The Kier molecular flexibility index (Phi) is 5.82. The van der Waals surface area contributed by atoms with Gasteiger partial charge < -0.3 is 20.3 Å². The molecule has 9 nitrogen and oxygen atoms in total. The molecule has 1 unspecified atom stereocenters. The molecule has 0 bridgehead atoms. The van der Waals surface area contributed by atoms with E-state index in [1.165, 1.54) is 16.2 Å². The van der Waals surface area contributed by atoms with Gasteiger partial charge in [0.25, 0.3) is 11.8 Å². The minimum absolute atomic E-state index is 0.0433. The number of thiophene rings is 1. The summed E-state index contributed by atoms with van der Waals surface area (Å²) in [6.07, 6.45) is 0.828.